The summed E-state index contributed by atoms with van der Waals surface area (Å²) in [4.78, 5) is 15.3. The molecule has 0 fully saturated rings. The van der Waals surface area contributed by atoms with Gasteiger partial charge in [0.25, 0.3) is 5.91 Å². The normalized spacial score (nSPS) is 12.5. The maximum Gasteiger partial charge on any atom is 0.252 e. The number of amides is 1. The quantitative estimate of drug-likeness (QED) is 0.734. The van der Waals surface area contributed by atoms with E-state index in [2.05, 4.69) is 10.3 Å². The Balaban J connectivity index is 2.16. The Morgan fingerprint density at radius 3 is 3.05 bits per heavy atom. The van der Waals surface area contributed by atoms with Gasteiger partial charge >= 0.3 is 0 Å². The summed E-state index contributed by atoms with van der Waals surface area (Å²) < 4.78 is 5.03. The van der Waals surface area contributed by atoms with Crippen molar-refractivity contribution in [3.63, 3.8) is 0 Å². The number of nitrogens with one attached hydrogen (secondary N) is 2. The molecule has 102 valence electrons. The summed E-state index contributed by atoms with van der Waals surface area (Å²) in [5.74, 6) is -0.152. The van der Waals surface area contributed by atoms with Crippen LogP contribution in [0, 0.1) is 0 Å². The number of hydrogen-bond donors (Lipinski definition) is 3. The van der Waals surface area contributed by atoms with Gasteiger partial charge in [-0.05, 0) is 24.6 Å². The first kappa shape index (κ1) is 13.6. The van der Waals surface area contributed by atoms with E-state index in [1.165, 1.54) is 0 Å². The van der Waals surface area contributed by atoms with Gasteiger partial charge in [-0.2, -0.15) is 0 Å². The van der Waals surface area contributed by atoms with Gasteiger partial charge in [-0.1, -0.05) is 6.07 Å². The molecule has 1 amide bonds. The average molecular weight is 262 g/mol. The minimum atomic E-state index is -0.184. The molecule has 2 rings (SSSR count). The SMILES string of the molecule is COCC(CCO)NC(=O)c1cccc2[nH]ccc12. The highest BCUT2D eigenvalue weighted by atomic mass is 16.5. The topological polar surface area (TPSA) is 74.3 Å². The molecule has 0 aliphatic heterocycles. The van der Waals surface area contributed by atoms with Gasteiger partial charge in [0.15, 0.2) is 0 Å². The highest BCUT2D eigenvalue weighted by molar-refractivity contribution is 6.06. The number of benzene rings is 1. The molecule has 0 saturated carbocycles. The van der Waals surface area contributed by atoms with Crippen LogP contribution >= 0.6 is 0 Å². The molecule has 3 N–H and O–H groups in total. The van der Waals surface area contributed by atoms with Crippen molar-refractivity contribution in [2.24, 2.45) is 0 Å². The fourth-order valence-corrected chi connectivity index (χ4v) is 2.10. The summed E-state index contributed by atoms with van der Waals surface area (Å²) in [6.07, 6.45) is 2.28. The fraction of sp³-hybridized carbons (Fsp3) is 0.357. The van der Waals surface area contributed by atoms with E-state index in [-0.39, 0.29) is 18.6 Å². The third-order valence-corrected chi connectivity index (χ3v) is 3.02. The highest BCUT2D eigenvalue weighted by Crippen LogP contribution is 2.17. The zero-order valence-corrected chi connectivity index (χ0v) is 10.8. The number of aromatic amines is 1. The lowest BCUT2D eigenvalue weighted by atomic mass is 10.1. The van der Waals surface area contributed by atoms with Crippen LogP contribution in [0.2, 0.25) is 0 Å². The van der Waals surface area contributed by atoms with Crippen LogP contribution in [0.25, 0.3) is 10.9 Å². The summed E-state index contributed by atoms with van der Waals surface area (Å²) in [6.45, 7) is 0.401. The van der Waals surface area contributed by atoms with Crippen LogP contribution in [0.3, 0.4) is 0 Å². The number of hydrogen-bond acceptors (Lipinski definition) is 3. The summed E-state index contributed by atoms with van der Waals surface area (Å²) in [7, 11) is 1.57. The zero-order chi connectivity index (χ0) is 13.7. The predicted octanol–water partition coefficient (Wildman–Crippen LogP) is 1.30. The van der Waals surface area contributed by atoms with Crippen molar-refractivity contribution < 1.29 is 14.6 Å². The highest BCUT2D eigenvalue weighted by Gasteiger charge is 2.15. The molecular formula is C14H18N2O3. The summed E-state index contributed by atoms with van der Waals surface area (Å²) in [6, 6.07) is 7.24. The molecule has 0 spiro atoms. The second-order valence-electron chi connectivity index (χ2n) is 4.38. The second kappa shape index (κ2) is 6.36. The minimum Gasteiger partial charge on any atom is -0.396 e. The summed E-state index contributed by atoms with van der Waals surface area (Å²) >= 11 is 0. The van der Waals surface area contributed by atoms with Gasteiger partial charge in [0.2, 0.25) is 0 Å². The van der Waals surface area contributed by atoms with Gasteiger partial charge in [-0.3, -0.25) is 4.79 Å². The van der Waals surface area contributed by atoms with E-state index in [0.717, 1.165) is 10.9 Å². The Kier molecular flexibility index (Phi) is 4.54. The number of rotatable bonds is 6. The molecule has 1 heterocycles. The Hall–Kier alpha value is -1.85. The van der Waals surface area contributed by atoms with Crippen molar-refractivity contribution >= 4 is 16.8 Å². The molecule has 0 saturated heterocycles. The number of ether oxygens (including phenoxy) is 1. The van der Waals surface area contributed by atoms with E-state index in [0.29, 0.717) is 18.6 Å². The molecule has 5 heteroatoms. The van der Waals surface area contributed by atoms with Gasteiger partial charge in [-0.15, -0.1) is 0 Å². The van der Waals surface area contributed by atoms with Crippen LogP contribution in [0.15, 0.2) is 30.5 Å². The molecule has 0 aliphatic carbocycles. The molecule has 2 aromatic rings. The predicted molar refractivity (Wildman–Crippen MR) is 73.1 cm³/mol. The lowest BCUT2D eigenvalue weighted by Crippen LogP contribution is -2.38. The molecule has 0 aliphatic rings. The summed E-state index contributed by atoms with van der Waals surface area (Å²) in [5, 5.41) is 12.7. The molecule has 0 radical (unpaired) electrons. The van der Waals surface area contributed by atoms with Gasteiger partial charge in [-0.25, -0.2) is 0 Å². The standard InChI is InChI=1S/C14H18N2O3/c1-19-9-10(6-8-17)16-14(18)12-3-2-4-13-11(12)5-7-15-13/h2-5,7,10,15,17H,6,8-9H2,1H3,(H,16,18). The van der Waals surface area contributed by atoms with E-state index in [1.807, 2.05) is 24.4 Å². The van der Waals surface area contributed by atoms with Gasteiger partial charge < -0.3 is 20.1 Å². The van der Waals surface area contributed by atoms with Gasteiger partial charge in [0.1, 0.15) is 0 Å². The smallest absolute Gasteiger partial charge is 0.252 e. The molecular weight excluding hydrogens is 244 g/mol. The molecule has 19 heavy (non-hydrogen) atoms. The van der Waals surface area contributed by atoms with Crippen molar-refractivity contribution in [3.05, 3.63) is 36.0 Å². The Labute approximate surface area is 111 Å². The third kappa shape index (κ3) is 3.13. The Bertz CT molecular complexity index is 544. The number of methoxy groups -OCH3 is 1. The Morgan fingerprint density at radius 1 is 1.47 bits per heavy atom. The number of H-pyrrole nitrogens is 1. The first-order valence-electron chi connectivity index (χ1n) is 6.23. The van der Waals surface area contributed by atoms with E-state index >= 15 is 0 Å². The maximum atomic E-state index is 12.3. The number of carbonyl (C=O) groups excluding carboxylic acids is 1. The molecule has 1 atom stereocenters. The minimum absolute atomic E-state index is 0.0165. The van der Waals surface area contributed by atoms with Gasteiger partial charge in [0, 0.05) is 36.4 Å². The van der Waals surface area contributed by atoms with Crippen LogP contribution in [0.5, 0.6) is 0 Å². The van der Waals surface area contributed by atoms with Crippen LogP contribution in [-0.4, -0.2) is 42.4 Å². The van der Waals surface area contributed by atoms with Crippen LogP contribution < -0.4 is 5.32 Å². The van der Waals surface area contributed by atoms with Crippen molar-refractivity contribution in [1.82, 2.24) is 10.3 Å². The lowest BCUT2D eigenvalue weighted by molar-refractivity contribution is 0.0880. The number of carbonyl (C=O) groups is 1. The first-order valence-corrected chi connectivity index (χ1v) is 6.23. The van der Waals surface area contributed by atoms with E-state index in [9.17, 15) is 4.79 Å². The average Bonchev–Trinajstić information content (AvgIpc) is 2.87. The molecule has 1 aromatic carbocycles. The monoisotopic (exact) mass is 262 g/mol. The third-order valence-electron chi connectivity index (χ3n) is 3.02. The number of aliphatic hydroxyl groups is 1. The van der Waals surface area contributed by atoms with E-state index in [1.54, 1.807) is 13.2 Å². The lowest BCUT2D eigenvalue weighted by Gasteiger charge is -2.17. The van der Waals surface area contributed by atoms with E-state index in [4.69, 9.17) is 9.84 Å². The second-order valence-corrected chi connectivity index (χ2v) is 4.38. The van der Waals surface area contributed by atoms with Crippen molar-refractivity contribution in [2.75, 3.05) is 20.3 Å². The van der Waals surface area contributed by atoms with Crippen LogP contribution in [0.1, 0.15) is 16.8 Å². The molecule has 1 unspecified atom stereocenters. The van der Waals surface area contributed by atoms with Crippen LogP contribution in [-0.2, 0) is 4.74 Å². The van der Waals surface area contributed by atoms with Crippen molar-refractivity contribution in [2.45, 2.75) is 12.5 Å². The molecule has 5 nitrogen and oxygen atoms in total. The number of fused-ring (bicyclic) bond motifs is 1. The fourth-order valence-electron chi connectivity index (χ4n) is 2.10. The Morgan fingerprint density at radius 2 is 2.32 bits per heavy atom. The van der Waals surface area contributed by atoms with Crippen molar-refractivity contribution in [1.29, 1.82) is 0 Å². The molecule has 0 bridgehead atoms. The number of aromatic nitrogens is 1. The first-order chi connectivity index (χ1) is 9.26. The maximum absolute atomic E-state index is 12.3. The number of aliphatic hydroxyl groups excluding tert-OH is 1. The summed E-state index contributed by atoms with van der Waals surface area (Å²) in [5.41, 5.74) is 1.55. The van der Waals surface area contributed by atoms with E-state index < -0.39 is 0 Å². The molecule has 1 aromatic heterocycles. The van der Waals surface area contributed by atoms with Crippen LogP contribution in [0.4, 0.5) is 0 Å². The zero-order valence-electron chi connectivity index (χ0n) is 10.8. The largest absolute Gasteiger partial charge is 0.396 e. The van der Waals surface area contributed by atoms with Crippen molar-refractivity contribution in [3.8, 4) is 0 Å². The van der Waals surface area contributed by atoms with Gasteiger partial charge in [0.05, 0.1) is 12.6 Å².